The van der Waals surface area contributed by atoms with E-state index in [1.807, 2.05) is 18.2 Å². The van der Waals surface area contributed by atoms with Crippen LogP contribution in [0.4, 0.5) is 11.9 Å². The monoisotopic (exact) mass is 342 g/mol. The van der Waals surface area contributed by atoms with Crippen LogP contribution < -0.4 is 11.5 Å². The predicted molar refractivity (Wildman–Crippen MR) is 93.2 cm³/mol. The van der Waals surface area contributed by atoms with Gasteiger partial charge >= 0.3 is 0 Å². The van der Waals surface area contributed by atoms with Crippen molar-refractivity contribution in [3.63, 3.8) is 0 Å². The lowest BCUT2D eigenvalue weighted by atomic mass is 10.1. The second-order valence-electron chi connectivity index (χ2n) is 5.06. The molecule has 0 unspecified atom stereocenters. The van der Waals surface area contributed by atoms with Gasteiger partial charge in [-0.05, 0) is 12.5 Å². The summed E-state index contributed by atoms with van der Waals surface area (Å²) in [7, 11) is 0. The van der Waals surface area contributed by atoms with Crippen LogP contribution in [-0.4, -0.2) is 29.7 Å². The van der Waals surface area contributed by atoms with E-state index in [9.17, 15) is 0 Å². The van der Waals surface area contributed by atoms with Crippen molar-refractivity contribution in [2.75, 3.05) is 11.5 Å². The van der Waals surface area contributed by atoms with Gasteiger partial charge in [-0.2, -0.15) is 15.0 Å². The number of anilines is 2. The molecule has 0 aliphatic rings. The summed E-state index contributed by atoms with van der Waals surface area (Å²) in [6.07, 6.45) is 0.744. The van der Waals surface area contributed by atoms with Crippen molar-refractivity contribution in [2.24, 2.45) is 0 Å². The zero-order valence-corrected chi connectivity index (χ0v) is 14.1. The van der Waals surface area contributed by atoms with Gasteiger partial charge < -0.3 is 16.0 Å². The van der Waals surface area contributed by atoms with Crippen LogP contribution in [0, 0.1) is 0 Å². The fourth-order valence-corrected chi connectivity index (χ4v) is 3.18. The van der Waals surface area contributed by atoms with Gasteiger partial charge in [0.1, 0.15) is 11.6 Å². The second kappa shape index (κ2) is 7.26. The van der Waals surface area contributed by atoms with E-state index in [0.717, 1.165) is 23.9 Å². The molecule has 4 N–H and O–H groups in total. The molecule has 0 saturated carbocycles. The third-order valence-corrected chi connectivity index (χ3v) is 4.32. The zero-order valence-electron chi connectivity index (χ0n) is 13.3. The first-order chi connectivity index (χ1) is 11.7. The molecule has 0 radical (unpaired) electrons. The van der Waals surface area contributed by atoms with Crippen LogP contribution in [0.15, 0.2) is 35.5 Å². The molecule has 0 saturated heterocycles. The lowest BCUT2D eigenvalue weighted by Crippen LogP contribution is -2.07. The minimum absolute atomic E-state index is 0.125. The highest BCUT2D eigenvalue weighted by Crippen LogP contribution is 2.22. The fourth-order valence-electron chi connectivity index (χ4n) is 2.30. The maximum atomic E-state index is 5.59. The predicted octanol–water partition coefficient (Wildman–Crippen LogP) is 1.53. The highest BCUT2D eigenvalue weighted by atomic mass is 32.2. The van der Waals surface area contributed by atoms with Gasteiger partial charge in [0.25, 0.3) is 0 Å². The van der Waals surface area contributed by atoms with Crippen molar-refractivity contribution in [2.45, 2.75) is 30.8 Å². The molecule has 0 spiro atoms. The smallest absolute Gasteiger partial charge is 0.225 e. The molecular formula is C15H18N8S. The van der Waals surface area contributed by atoms with E-state index in [2.05, 4.69) is 48.8 Å². The summed E-state index contributed by atoms with van der Waals surface area (Å²) < 4.78 is 2.09. The van der Waals surface area contributed by atoms with Crippen molar-refractivity contribution in [1.29, 1.82) is 0 Å². The summed E-state index contributed by atoms with van der Waals surface area (Å²) in [6.45, 7) is 2.86. The molecular weight excluding hydrogens is 324 g/mol. The van der Waals surface area contributed by atoms with Crippen LogP contribution in [0.2, 0.25) is 0 Å². The molecule has 0 aliphatic heterocycles. The van der Waals surface area contributed by atoms with Gasteiger partial charge in [-0.3, -0.25) is 0 Å². The van der Waals surface area contributed by atoms with Gasteiger partial charge in [-0.1, -0.05) is 42.1 Å². The standard InChI is InChI=1S/C15H18N8S/c1-2-23-12(8-10-6-4-3-5-7-10)21-22-15(23)24-9-11-18-13(16)20-14(17)19-11/h3-7H,2,8-9H2,1H3,(H4,16,17,18,19,20). The second-order valence-corrected chi connectivity index (χ2v) is 6.00. The lowest BCUT2D eigenvalue weighted by molar-refractivity contribution is 0.651. The number of rotatable bonds is 6. The third kappa shape index (κ3) is 3.80. The Bertz CT molecular complexity index is 797. The summed E-state index contributed by atoms with van der Waals surface area (Å²) >= 11 is 1.50. The van der Waals surface area contributed by atoms with Gasteiger partial charge in [0, 0.05) is 13.0 Å². The van der Waals surface area contributed by atoms with E-state index in [1.54, 1.807) is 0 Å². The molecule has 3 aromatic rings. The molecule has 0 aliphatic carbocycles. The zero-order chi connectivity index (χ0) is 16.9. The molecule has 0 bridgehead atoms. The number of thioether (sulfide) groups is 1. The van der Waals surface area contributed by atoms with E-state index < -0.39 is 0 Å². The third-order valence-electron chi connectivity index (χ3n) is 3.36. The first-order valence-corrected chi connectivity index (χ1v) is 8.49. The van der Waals surface area contributed by atoms with Gasteiger partial charge in [-0.25, -0.2) is 0 Å². The molecule has 8 nitrogen and oxygen atoms in total. The minimum atomic E-state index is 0.125. The minimum Gasteiger partial charge on any atom is -0.368 e. The molecule has 124 valence electrons. The average molecular weight is 342 g/mol. The van der Waals surface area contributed by atoms with Crippen LogP contribution >= 0.6 is 11.8 Å². The van der Waals surface area contributed by atoms with Gasteiger partial charge in [-0.15, -0.1) is 10.2 Å². The summed E-state index contributed by atoms with van der Waals surface area (Å²) in [5, 5.41) is 9.42. The summed E-state index contributed by atoms with van der Waals surface area (Å²) in [5.41, 5.74) is 12.4. The van der Waals surface area contributed by atoms with Gasteiger partial charge in [0.15, 0.2) is 5.16 Å². The highest BCUT2D eigenvalue weighted by molar-refractivity contribution is 7.98. The largest absolute Gasteiger partial charge is 0.368 e. The van der Waals surface area contributed by atoms with Crippen LogP contribution in [0.3, 0.4) is 0 Å². The number of nitrogen functional groups attached to an aromatic ring is 2. The topological polar surface area (TPSA) is 121 Å². The van der Waals surface area contributed by atoms with E-state index in [-0.39, 0.29) is 11.9 Å². The first-order valence-electron chi connectivity index (χ1n) is 7.50. The Kier molecular flexibility index (Phi) is 4.90. The normalized spacial score (nSPS) is 10.9. The molecule has 2 heterocycles. The summed E-state index contributed by atoms with van der Waals surface area (Å²) in [4.78, 5) is 11.9. The number of aromatic nitrogens is 6. The molecule has 1 aromatic carbocycles. The molecule has 3 rings (SSSR count). The highest BCUT2D eigenvalue weighted by Gasteiger charge is 2.13. The van der Waals surface area contributed by atoms with E-state index in [4.69, 9.17) is 11.5 Å². The maximum Gasteiger partial charge on any atom is 0.225 e. The van der Waals surface area contributed by atoms with Crippen molar-refractivity contribution in [3.05, 3.63) is 47.5 Å². The Labute approximate surface area is 143 Å². The molecule has 0 fully saturated rings. The lowest BCUT2D eigenvalue weighted by Gasteiger charge is -2.07. The van der Waals surface area contributed by atoms with Crippen molar-refractivity contribution >= 4 is 23.7 Å². The molecule has 9 heteroatoms. The summed E-state index contributed by atoms with van der Waals surface area (Å²) in [6, 6.07) is 10.2. The number of hydrogen-bond acceptors (Lipinski definition) is 8. The van der Waals surface area contributed by atoms with Crippen LogP contribution in [0.1, 0.15) is 24.1 Å². The maximum absolute atomic E-state index is 5.59. The van der Waals surface area contributed by atoms with Gasteiger partial charge in [0.05, 0.1) is 5.75 Å². The van der Waals surface area contributed by atoms with Crippen LogP contribution in [-0.2, 0) is 18.7 Å². The Morgan fingerprint density at radius 3 is 2.38 bits per heavy atom. The Morgan fingerprint density at radius 1 is 1.00 bits per heavy atom. The molecule has 0 atom stereocenters. The van der Waals surface area contributed by atoms with Crippen molar-refractivity contribution < 1.29 is 0 Å². The SMILES string of the molecule is CCn1c(Cc2ccccc2)nnc1SCc1nc(N)nc(N)n1. The number of nitrogens with zero attached hydrogens (tertiary/aromatic N) is 6. The molecule has 2 aromatic heterocycles. The quantitative estimate of drug-likeness (QED) is 0.647. The number of hydrogen-bond donors (Lipinski definition) is 2. The van der Waals surface area contributed by atoms with E-state index >= 15 is 0 Å². The molecule has 24 heavy (non-hydrogen) atoms. The van der Waals surface area contributed by atoms with Gasteiger partial charge in [0.2, 0.25) is 11.9 Å². The number of benzene rings is 1. The Balaban J connectivity index is 1.74. The van der Waals surface area contributed by atoms with Crippen molar-refractivity contribution in [3.8, 4) is 0 Å². The van der Waals surface area contributed by atoms with Crippen LogP contribution in [0.5, 0.6) is 0 Å². The van der Waals surface area contributed by atoms with Crippen molar-refractivity contribution in [1.82, 2.24) is 29.7 Å². The average Bonchev–Trinajstić information content (AvgIpc) is 2.94. The summed E-state index contributed by atoms with van der Waals surface area (Å²) in [5.74, 6) is 2.21. The Hall–Kier alpha value is -2.68. The van der Waals surface area contributed by atoms with E-state index in [1.165, 1.54) is 17.3 Å². The first kappa shape index (κ1) is 16.2. The fraction of sp³-hybridized carbons (Fsp3) is 0.267. The van der Waals surface area contributed by atoms with E-state index in [0.29, 0.717) is 11.6 Å². The van der Waals surface area contributed by atoms with Crippen LogP contribution in [0.25, 0.3) is 0 Å². The Morgan fingerprint density at radius 2 is 1.71 bits per heavy atom. The molecule has 0 amide bonds. The number of nitrogens with two attached hydrogens (primary N) is 2.